The molecule has 1 unspecified atom stereocenters. The lowest BCUT2D eigenvalue weighted by molar-refractivity contribution is 0.0481. The van der Waals surface area contributed by atoms with Gasteiger partial charge < -0.3 is 10.0 Å². The van der Waals surface area contributed by atoms with Crippen molar-refractivity contribution in [3.05, 3.63) is 22.3 Å². The number of hydrogen-bond acceptors (Lipinski definition) is 3. The van der Waals surface area contributed by atoms with Gasteiger partial charge >= 0.3 is 0 Å². The smallest absolute Gasteiger partial charge is 0.142 e. The molecule has 1 aliphatic heterocycles. The van der Waals surface area contributed by atoms with E-state index in [1.54, 1.807) is 0 Å². The highest BCUT2D eigenvalue weighted by Gasteiger charge is 2.26. The fraction of sp³-hybridized carbons (Fsp3) is 0.615. The van der Waals surface area contributed by atoms with E-state index in [4.69, 9.17) is 0 Å². The van der Waals surface area contributed by atoms with E-state index >= 15 is 0 Å². The van der Waals surface area contributed by atoms with Crippen LogP contribution in [-0.4, -0.2) is 28.8 Å². The van der Waals surface area contributed by atoms with Gasteiger partial charge in [0.25, 0.3) is 0 Å². The molecule has 1 atom stereocenters. The van der Waals surface area contributed by atoms with E-state index in [1.165, 1.54) is 0 Å². The molecule has 1 aromatic heterocycles. The fourth-order valence-corrected chi connectivity index (χ4v) is 2.95. The van der Waals surface area contributed by atoms with Crippen LogP contribution in [0.25, 0.3) is 0 Å². The van der Waals surface area contributed by atoms with E-state index in [1.807, 2.05) is 20.0 Å². The van der Waals surface area contributed by atoms with Crippen molar-refractivity contribution >= 4 is 21.7 Å². The van der Waals surface area contributed by atoms with Crippen molar-refractivity contribution in [2.75, 3.05) is 18.0 Å². The number of pyridine rings is 1. The molecule has 0 radical (unpaired) electrons. The minimum atomic E-state index is -0.522. The normalized spacial score (nSPS) is 25.8. The van der Waals surface area contributed by atoms with Gasteiger partial charge in [-0.2, -0.15) is 0 Å². The Kier molecular flexibility index (Phi) is 3.73. The molecule has 2 rings (SSSR count). The lowest BCUT2D eigenvalue weighted by Crippen LogP contribution is -2.29. The van der Waals surface area contributed by atoms with Crippen LogP contribution >= 0.6 is 15.9 Å². The van der Waals surface area contributed by atoms with Crippen LogP contribution in [0.3, 0.4) is 0 Å². The zero-order chi connectivity index (χ0) is 12.5. The van der Waals surface area contributed by atoms with Crippen LogP contribution in [0.4, 0.5) is 5.82 Å². The molecular weight excluding hydrogens is 280 g/mol. The highest BCUT2D eigenvalue weighted by Crippen LogP contribution is 2.29. The first-order valence-corrected chi connectivity index (χ1v) is 6.87. The van der Waals surface area contributed by atoms with Crippen molar-refractivity contribution in [1.82, 2.24) is 4.98 Å². The lowest BCUT2D eigenvalue weighted by atomic mass is 9.98. The van der Waals surface area contributed by atoms with Gasteiger partial charge in [0.2, 0.25) is 0 Å². The van der Waals surface area contributed by atoms with Gasteiger partial charge in [0, 0.05) is 19.3 Å². The fourth-order valence-electron chi connectivity index (χ4n) is 2.23. The maximum Gasteiger partial charge on any atom is 0.142 e. The molecule has 4 heteroatoms. The molecule has 17 heavy (non-hydrogen) atoms. The summed E-state index contributed by atoms with van der Waals surface area (Å²) in [5, 5.41) is 10.1. The maximum absolute atomic E-state index is 10.1. The number of nitrogens with zero attached hydrogens (tertiary/aromatic N) is 2. The molecule has 1 N–H and O–H groups in total. The Morgan fingerprint density at radius 2 is 2.18 bits per heavy atom. The maximum atomic E-state index is 10.1. The monoisotopic (exact) mass is 298 g/mol. The van der Waals surface area contributed by atoms with Gasteiger partial charge in [-0.15, -0.1) is 0 Å². The summed E-state index contributed by atoms with van der Waals surface area (Å²) < 4.78 is 1.04. The van der Waals surface area contributed by atoms with Gasteiger partial charge in [-0.3, -0.25) is 0 Å². The second kappa shape index (κ2) is 4.94. The predicted molar refractivity (Wildman–Crippen MR) is 73.4 cm³/mol. The molecule has 0 aliphatic carbocycles. The van der Waals surface area contributed by atoms with Crippen LogP contribution in [-0.2, 0) is 0 Å². The highest BCUT2D eigenvalue weighted by molar-refractivity contribution is 9.10. The van der Waals surface area contributed by atoms with Crippen LogP contribution in [0.5, 0.6) is 0 Å². The zero-order valence-corrected chi connectivity index (χ0v) is 12.0. The van der Waals surface area contributed by atoms with E-state index in [-0.39, 0.29) is 0 Å². The molecule has 0 amide bonds. The number of aliphatic hydroxyl groups is 1. The van der Waals surface area contributed by atoms with Gasteiger partial charge in [-0.05, 0) is 60.7 Å². The van der Waals surface area contributed by atoms with Crippen LogP contribution in [0.2, 0.25) is 0 Å². The van der Waals surface area contributed by atoms with Crippen LogP contribution < -0.4 is 4.90 Å². The first-order valence-electron chi connectivity index (χ1n) is 6.07. The minimum Gasteiger partial charge on any atom is -0.390 e. The van der Waals surface area contributed by atoms with Crippen molar-refractivity contribution in [2.45, 2.75) is 38.7 Å². The number of rotatable bonds is 1. The van der Waals surface area contributed by atoms with Crippen molar-refractivity contribution in [1.29, 1.82) is 0 Å². The SMILES string of the molecule is Cc1cnc(N2CCCC(C)(O)CC2)c(Br)c1. The molecule has 1 aromatic rings. The van der Waals surface area contributed by atoms with Gasteiger partial charge in [0.1, 0.15) is 5.82 Å². The van der Waals surface area contributed by atoms with Crippen molar-refractivity contribution in [3.63, 3.8) is 0 Å². The first kappa shape index (κ1) is 12.8. The Hall–Kier alpha value is -0.610. The Bertz CT molecular complexity index is 406. The number of hydrogen-bond donors (Lipinski definition) is 1. The predicted octanol–water partition coefficient (Wildman–Crippen LogP) is 2.89. The summed E-state index contributed by atoms with van der Waals surface area (Å²) in [5.41, 5.74) is 0.633. The molecular formula is C13H19BrN2O. The van der Waals surface area contributed by atoms with Gasteiger partial charge in [0.15, 0.2) is 0 Å². The molecule has 1 fully saturated rings. The number of anilines is 1. The summed E-state index contributed by atoms with van der Waals surface area (Å²) in [6.45, 7) is 5.79. The third-order valence-corrected chi connectivity index (χ3v) is 3.91. The van der Waals surface area contributed by atoms with Crippen LogP contribution in [0, 0.1) is 6.92 Å². The summed E-state index contributed by atoms with van der Waals surface area (Å²) in [4.78, 5) is 6.74. The van der Waals surface area contributed by atoms with Crippen molar-refractivity contribution < 1.29 is 5.11 Å². The average molecular weight is 299 g/mol. The summed E-state index contributed by atoms with van der Waals surface area (Å²) in [6.07, 6.45) is 4.57. The Morgan fingerprint density at radius 3 is 2.88 bits per heavy atom. The zero-order valence-electron chi connectivity index (χ0n) is 10.4. The van der Waals surface area contributed by atoms with E-state index in [2.05, 4.69) is 31.9 Å². The molecule has 3 nitrogen and oxygen atoms in total. The summed E-state index contributed by atoms with van der Waals surface area (Å²) >= 11 is 3.57. The van der Waals surface area contributed by atoms with E-state index in [9.17, 15) is 5.11 Å². The Balaban J connectivity index is 2.17. The van der Waals surface area contributed by atoms with Crippen LogP contribution in [0.15, 0.2) is 16.7 Å². The Labute approximate surface area is 111 Å². The second-order valence-corrected chi connectivity index (χ2v) is 6.01. The molecule has 1 saturated heterocycles. The minimum absolute atomic E-state index is 0.522. The topological polar surface area (TPSA) is 36.4 Å². The van der Waals surface area contributed by atoms with E-state index < -0.39 is 5.60 Å². The molecule has 2 heterocycles. The quantitative estimate of drug-likeness (QED) is 0.866. The van der Waals surface area contributed by atoms with Crippen molar-refractivity contribution in [2.24, 2.45) is 0 Å². The number of aromatic nitrogens is 1. The van der Waals surface area contributed by atoms with Gasteiger partial charge in [-0.25, -0.2) is 4.98 Å². The third-order valence-electron chi connectivity index (χ3n) is 3.32. The molecule has 0 aromatic carbocycles. The van der Waals surface area contributed by atoms with Gasteiger partial charge in [-0.1, -0.05) is 0 Å². The molecule has 1 aliphatic rings. The summed E-state index contributed by atoms with van der Waals surface area (Å²) in [5.74, 6) is 0.994. The van der Waals surface area contributed by atoms with Crippen LogP contribution in [0.1, 0.15) is 31.7 Å². The van der Waals surface area contributed by atoms with Gasteiger partial charge in [0.05, 0.1) is 10.1 Å². The summed E-state index contributed by atoms with van der Waals surface area (Å²) in [6, 6.07) is 2.09. The third kappa shape index (κ3) is 3.19. The van der Waals surface area contributed by atoms with E-state index in [0.29, 0.717) is 0 Å². The average Bonchev–Trinajstić information content (AvgIpc) is 2.40. The number of halogens is 1. The highest BCUT2D eigenvalue weighted by atomic mass is 79.9. The second-order valence-electron chi connectivity index (χ2n) is 5.16. The summed E-state index contributed by atoms with van der Waals surface area (Å²) in [7, 11) is 0. The first-order chi connectivity index (χ1) is 7.98. The molecule has 94 valence electrons. The standard InChI is InChI=1S/C13H19BrN2O/c1-10-8-11(14)12(15-9-10)16-6-3-4-13(2,17)5-7-16/h8-9,17H,3-7H2,1-2H3. The lowest BCUT2D eigenvalue weighted by Gasteiger charge is -2.24. The van der Waals surface area contributed by atoms with E-state index in [0.717, 1.165) is 48.2 Å². The number of aryl methyl sites for hydroxylation is 1. The van der Waals surface area contributed by atoms with Crippen molar-refractivity contribution in [3.8, 4) is 0 Å². The molecule has 0 spiro atoms. The molecule has 0 bridgehead atoms. The largest absolute Gasteiger partial charge is 0.390 e. The molecule has 0 saturated carbocycles. The Morgan fingerprint density at radius 1 is 1.41 bits per heavy atom.